The fraction of sp³-hybridized carbons (Fsp3) is 1.00. The van der Waals surface area contributed by atoms with Crippen LogP contribution in [0.1, 0.15) is 25.7 Å². The Kier molecular flexibility index (Phi) is 4.25. The van der Waals surface area contributed by atoms with Crippen LogP contribution in [0.2, 0.25) is 0 Å². The number of rotatable bonds is 6. The van der Waals surface area contributed by atoms with Gasteiger partial charge in [0.2, 0.25) is 0 Å². The van der Waals surface area contributed by atoms with E-state index < -0.39 is 22.0 Å². The molecule has 5 nitrogen and oxygen atoms in total. The lowest BCUT2D eigenvalue weighted by Gasteiger charge is -2.57. The SMILES string of the molecule is COC1C2CC3CC(C2)C(COCC(F)(F)S(=O)(=O)O)C1C3. The minimum absolute atomic E-state index is 0.0970. The molecular formula is C14H22F2O5S. The summed E-state index contributed by atoms with van der Waals surface area (Å²) in [6, 6.07) is 0. The van der Waals surface area contributed by atoms with Gasteiger partial charge in [0.25, 0.3) is 0 Å². The van der Waals surface area contributed by atoms with Gasteiger partial charge in [-0.05, 0) is 55.3 Å². The van der Waals surface area contributed by atoms with E-state index in [1.54, 1.807) is 7.11 Å². The molecule has 1 N–H and O–H groups in total. The first-order chi connectivity index (χ1) is 10.2. The van der Waals surface area contributed by atoms with Crippen LogP contribution < -0.4 is 0 Å². The summed E-state index contributed by atoms with van der Waals surface area (Å²) < 4.78 is 66.7. The molecule has 0 aromatic heterocycles. The van der Waals surface area contributed by atoms with Crippen LogP contribution in [-0.4, -0.2) is 44.7 Å². The first kappa shape index (κ1) is 16.5. The quantitative estimate of drug-likeness (QED) is 0.750. The van der Waals surface area contributed by atoms with E-state index in [4.69, 9.17) is 14.0 Å². The van der Waals surface area contributed by atoms with E-state index in [-0.39, 0.29) is 18.6 Å². The van der Waals surface area contributed by atoms with Gasteiger partial charge < -0.3 is 9.47 Å². The van der Waals surface area contributed by atoms with Gasteiger partial charge in [0, 0.05) is 7.11 Å². The standard InChI is InChI=1S/C14H22F2O5S/c1-20-13-10-3-8-2-9(5-10)12(11(13)4-8)6-21-7-14(15,16)22(17,18)19/h8-13H,2-7H2,1H3,(H,17,18,19). The van der Waals surface area contributed by atoms with Gasteiger partial charge in [0.05, 0.1) is 12.7 Å². The Morgan fingerprint density at radius 2 is 1.86 bits per heavy atom. The predicted molar refractivity (Wildman–Crippen MR) is 74.0 cm³/mol. The third kappa shape index (κ3) is 2.79. The Hall–Kier alpha value is -0.310. The predicted octanol–water partition coefficient (Wildman–Crippen LogP) is 2.18. The molecule has 4 aliphatic carbocycles. The summed E-state index contributed by atoms with van der Waals surface area (Å²) in [6.45, 7) is -1.20. The van der Waals surface area contributed by atoms with Crippen LogP contribution in [0.3, 0.4) is 0 Å². The van der Waals surface area contributed by atoms with E-state index in [0.717, 1.165) is 19.3 Å². The smallest absolute Gasteiger partial charge is 0.381 e. The molecule has 6 atom stereocenters. The van der Waals surface area contributed by atoms with Crippen molar-refractivity contribution in [2.75, 3.05) is 20.3 Å². The molecule has 4 bridgehead atoms. The largest absolute Gasteiger partial charge is 0.392 e. The summed E-state index contributed by atoms with van der Waals surface area (Å²) in [6.07, 6.45) is 4.53. The Morgan fingerprint density at radius 3 is 2.50 bits per heavy atom. The van der Waals surface area contributed by atoms with E-state index in [0.29, 0.717) is 23.7 Å². The molecule has 8 heteroatoms. The Labute approximate surface area is 129 Å². The Bertz CT molecular complexity index is 523. The Balaban J connectivity index is 1.61. The summed E-state index contributed by atoms with van der Waals surface area (Å²) in [5.41, 5.74) is 0. The number of ether oxygens (including phenoxy) is 2. The van der Waals surface area contributed by atoms with Crippen molar-refractivity contribution in [2.24, 2.45) is 29.6 Å². The van der Waals surface area contributed by atoms with Crippen molar-refractivity contribution in [3.8, 4) is 0 Å². The fourth-order valence-electron chi connectivity index (χ4n) is 5.00. The monoisotopic (exact) mass is 340 g/mol. The molecule has 128 valence electrons. The van der Waals surface area contributed by atoms with Crippen molar-refractivity contribution in [2.45, 2.75) is 37.0 Å². The third-order valence-corrected chi connectivity index (χ3v) is 6.63. The molecule has 0 spiro atoms. The molecule has 0 amide bonds. The summed E-state index contributed by atoms with van der Waals surface area (Å²) >= 11 is 0. The third-order valence-electron chi connectivity index (χ3n) is 5.76. The molecule has 0 aromatic carbocycles. The highest BCUT2D eigenvalue weighted by atomic mass is 32.2. The van der Waals surface area contributed by atoms with Crippen LogP contribution in [-0.2, 0) is 19.6 Å². The zero-order valence-corrected chi connectivity index (χ0v) is 13.3. The number of hydrogen-bond acceptors (Lipinski definition) is 4. The van der Waals surface area contributed by atoms with Crippen LogP contribution in [0, 0.1) is 29.6 Å². The van der Waals surface area contributed by atoms with E-state index >= 15 is 0 Å². The normalized spacial score (nSPS) is 41.1. The number of methoxy groups -OCH3 is 1. The molecular weight excluding hydrogens is 318 g/mol. The van der Waals surface area contributed by atoms with Crippen molar-refractivity contribution in [3.05, 3.63) is 0 Å². The highest BCUT2D eigenvalue weighted by Crippen LogP contribution is 2.57. The number of halogens is 2. The van der Waals surface area contributed by atoms with Crippen LogP contribution >= 0.6 is 0 Å². The minimum atomic E-state index is -5.42. The van der Waals surface area contributed by atoms with Crippen molar-refractivity contribution in [1.29, 1.82) is 0 Å². The number of alkyl halides is 2. The maximum absolute atomic E-state index is 13.2. The topological polar surface area (TPSA) is 72.8 Å². The van der Waals surface area contributed by atoms with Crippen molar-refractivity contribution in [3.63, 3.8) is 0 Å². The van der Waals surface area contributed by atoms with Gasteiger partial charge in [-0.2, -0.15) is 17.2 Å². The van der Waals surface area contributed by atoms with Gasteiger partial charge in [-0.3, -0.25) is 4.55 Å². The van der Waals surface area contributed by atoms with Gasteiger partial charge >= 0.3 is 15.4 Å². The lowest BCUT2D eigenvalue weighted by Crippen LogP contribution is -2.55. The van der Waals surface area contributed by atoms with E-state index in [1.807, 2.05) is 0 Å². The van der Waals surface area contributed by atoms with Gasteiger partial charge in [0.1, 0.15) is 6.61 Å². The zero-order chi connectivity index (χ0) is 16.1. The molecule has 0 saturated heterocycles. The lowest BCUT2D eigenvalue weighted by atomic mass is 9.51. The highest BCUT2D eigenvalue weighted by Gasteiger charge is 2.54. The van der Waals surface area contributed by atoms with Gasteiger partial charge in [-0.25, -0.2) is 0 Å². The fourth-order valence-corrected chi connectivity index (χ4v) is 5.23. The minimum Gasteiger partial charge on any atom is -0.381 e. The molecule has 4 fully saturated rings. The van der Waals surface area contributed by atoms with Crippen molar-refractivity contribution in [1.82, 2.24) is 0 Å². The second-order valence-corrected chi connectivity index (χ2v) is 8.53. The summed E-state index contributed by atoms with van der Waals surface area (Å²) in [7, 11) is -3.73. The summed E-state index contributed by atoms with van der Waals surface area (Å²) in [4.78, 5) is 0. The maximum Gasteiger partial charge on any atom is 0.392 e. The molecule has 22 heavy (non-hydrogen) atoms. The van der Waals surface area contributed by atoms with Crippen LogP contribution in [0.5, 0.6) is 0 Å². The van der Waals surface area contributed by atoms with E-state index in [9.17, 15) is 17.2 Å². The van der Waals surface area contributed by atoms with Crippen molar-refractivity contribution < 1.29 is 31.2 Å². The second-order valence-electron chi connectivity index (χ2n) is 6.98. The van der Waals surface area contributed by atoms with Gasteiger partial charge in [-0.15, -0.1) is 0 Å². The molecule has 4 rings (SSSR count). The van der Waals surface area contributed by atoms with Gasteiger partial charge in [-0.1, -0.05) is 0 Å². The molecule has 0 aliphatic heterocycles. The summed E-state index contributed by atoms with van der Waals surface area (Å²) in [5.74, 6) is 2.16. The molecule has 6 unspecified atom stereocenters. The van der Waals surface area contributed by atoms with Crippen LogP contribution in [0.4, 0.5) is 8.78 Å². The first-order valence-corrected chi connectivity index (χ1v) is 9.12. The Morgan fingerprint density at radius 1 is 1.18 bits per heavy atom. The maximum atomic E-state index is 13.2. The average Bonchev–Trinajstić information content (AvgIpc) is 2.40. The van der Waals surface area contributed by atoms with E-state index in [2.05, 4.69) is 0 Å². The molecule has 0 heterocycles. The second kappa shape index (κ2) is 5.65. The van der Waals surface area contributed by atoms with E-state index in [1.165, 1.54) is 6.42 Å². The molecule has 0 radical (unpaired) electrons. The lowest BCUT2D eigenvalue weighted by molar-refractivity contribution is -0.162. The molecule has 0 aromatic rings. The summed E-state index contributed by atoms with van der Waals surface area (Å²) in [5, 5.41) is -4.25. The average molecular weight is 340 g/mol. The number of hydrogen-bond donors (Lipinski definition) is 1. The van der Waals surface area contributed by atoms with Gasteiger partial charge in [0.15, 0.2) is 0 Å². The van der Waals surface area contributed by atoms with Crippen molar-refractivity contribution >= 4 is 10.1 Å². The first-order valence-electron chi connectivity index (χ1n) is 7.68. The highest BCUT2D eigenvalue weighted by molar-refractivity contribution is 7.86. The molecule has 4 aliphatic rings. The molecule has 4 saturated carbocycles. The van der Waals surface area contributed by atoms with Crippen LogP contribution in [0.15, 0.2) is 0 Å². The van der Waals surface area contributed by atoms with Crippen LogP contribution in [0.25, 0.3) is 0 Å². The zero-order valence-electron chi connectivity index (χ0n) is 12.5.